The Bertz CT molecular complexity index is 974. The van der Waals surface area contributed by atoms with E-state index in [4.69, 9.17) is 12.2 Å². The van der Waals surface area contributed by atoms with Crippen LogP contribution in [-0.2, 0) is 6.54 Å². The number of aliphatic imine (C=N–C) groups is 1. The molecule has 0 saturated heterocycles. The van der Waals surface area contributed by atoms with Crippen molar-refractivity contribution in [2.75, 3.05) is 6.54 Å². The Morgan fingerprint density at radius 3 is 2.78 bits per heavy atom. The molecule has 1 heterocycles. The van der Waals surface area contributed by atoms with Crippen LogP contribution in [0.3, 0.4) is 0 Å². The number of nitrogens with zero attached hydrogens (tertiary/aromatic N) is 2. The average Bonchev–Trinajstić information content (AvgIpc) is 2.66. The molecule has 0 saturated carbocycles. The van der Waals surface area contributed by atoms with E-state index < -0.39 is 5.56 Å². The SMILES string of the molecule is O=c1[nH]c(=S)n(Cc2ccc(F)cc2)c(O)c1C=NCCC1=CCCCC1. The van der Waals surface area contributed by atoms with E-state index in [1.807, 2.05) is 0 Å². The summed E-state index contributed by atoms with van der Waals surface area (Å²) in [4.78, 5) is 19.0. The lowest BCUT2D eigenvalue weighted by Gasteiger charge is -2.12. The number of aromatic nitrogens is 2. The molecule has 0 aliphatic heterocycles. The van der Waals surface area contributed by atoms with Gasteiger partial charge < -0.3 is 5.11 Å². The molecule has 142 valence electrons. The molecule has 0 amide bonds. The van der Waals surface area contributed by atoms with Gasteiger partial charge in [-0.15, -0.1) is 0 Å². The molecule has 7 heteroatoms. The van der Waals surface area contributed by atoms with Crippen LogP contribution in [0.15, 0.2) is 45.7 Å². The van der Waals surface area contributed by atoms with Crippen molar-refractivity contribution >= 4 is 18.4 Å². The Morgan fingerprint density at radius 1 is 1.30 bits per heavy atom. The largest absolute Gasteiger partial charge is 0.494 e. The van der Waals surface area contributed by atoms with E-state index in [9.17, 15) is 14.3 Å². The minimum absolute atomic E-state index is 0.0725. The standard InChI is InChI=1S/C20H22FN3O2S/c21-16-8-6-15(7-9-16)13-24-19(26)17(18(25)23-20(24)27)12-22-11-10-14-4-2-1-3-5-14/h4,6-9,12,26H,1-3,5,10-11,13H2,(H,23,25,27). The summed E-state index contributed by atoms with van der Waals surface area (Å²) in [5.74, 6) is -0.581. The molecule has 0 radical (unpaired) electrons. The van der Waals surface area contributed by atoms with Crippen molar-refractivity contribution in [3.63, 3.8) is 0 Å². The van der Waals surface area contributed by atoms with Crippen molar-refractivity contribution in [2.24, 2.45) is 4.99 Å². The Balaban J connectivity index is 1.77. The van der Waals surface area contributed by atoms with Crippen LogP contribution in [0.1, 0.15) is 43.2 Å². The van der Waals surface area contributed by atoms with Crippen molar-refractivity contribution in [2.45, 2.75) is 38.6 Å². The van der Waals surface area contributed by atoms with Crippen LogP contribution >= 0.6 is 12.2 Å². The van der Waals surface area contributed by atoms with Crippen LogP contribution in [0.5, 0.6) is 5.88 Å². The first kappa shape index (κ1) is 19.2. The quantitative estimate of drug-likeness (QED) is 0.445. The average molecular weight is 387 g/mol. The minimum Gasteiger partial charge on any atom is -0.494 e. The summed E-state index contributed by atoms with van der Waals surface area (Å²) >= 11 is 5.15. The lowest BCUT2D eigenvalue weighted by atomic mass is 9.97. The molecule has 0 bridgehead atoms. The summed E-state index contributed by atoms with van der Waals surface area (Å²) in [5, 5.41) is 10.5. The minimum atomic E-state index is -0.478. The highest BCUT2D eigenvalue weighted by atomic mass is 32.1. The molecule has 3 rings (SSSR count). The van der Waals surface area contributed by atoms with Gasteiger partial charge in [0.05, 0.1) is 6.54 Å². The Labute approximate surface area is 161 Å². The van der Waals surface area contributed by atoms with Crippen molar-refractivity contribution in [3.8, 4) is 5.88 Å². The van der Waals surface area contributed by atoms with Crippen LogP contribution in [0.2, 0.25) is 0 Å². The first-order valence-corrected chi connectivity index (χ1v) is 9.43. The number of halogens is 1. The topological polar surface area (TPSA) is 70.4 Å². The fraction of sp³-hybridized carbons (Fsp3) is 0.350. The molecule has 1 aromatic heterocycles. The molecule has 0 spiro atoms. The third-order valence-corrected chi connectivity index (χ3v) is 4.95. The van der Waals surface area contributed by atoms with Crippen molar-refractivity contribution < 1.29 is 9.50 Å². The van der Waals surface area contributed by atoms with Gasteiger partial charge in [0.1, 0.15) is 11.4 Å². The number of nitrogens with one attached hydrogen (secondary N) is 1. The fourth-order valence-electron chi connectivity index (χ4n) is 3.11. The van der Waals surface area contributed by atoms with Gasteiger partial charge in [-0.2, -0.15) is 0 Å². The predicted molar refractivity (Wildman–Crippen MR) is 107 cm³/mol. The molecule has 1 aliphatic carbocycles. The summed E-state index contributed by atoms with van der Waals surface area (Å²) in [6.07, 6.45) is 9.24. The molecular weight excluding hydrogens is 365 g/mol. The van der Waals surface area contributed by atoms with Crippen LogP contribution in [0.25, 0.3) is 0 Å². The van der Waals surface area contributed by atoms with Gasteiger partial charge in [0.2, 0.25) is 5.88 Å². The molecule has 27 heavy (non-hydrogen) atoms. The van der Waals surface area contributed by atoms with Gasteiger partial charge in [-0.25, -0.2) is 4.39 Å². The molecule has 2 aromatic rings. The highest BCUT2D eigenvalue weighted by Gasteiger charge is 2.11. The van der Waals surface area contributed by atoms with E-state index in [0.29, 0.717) is 6.54 Å². The van der Waals surface area contributed by atoms with Crippen LogP contribution in [0.4, 0.5) is 4.39 Å². The molecule has 2 N–H and O–H groups in total. The van der Waals surface area contributed by atoms with E-state index in [2.05, 4.69) is 16.1 Å². The first-order valence-electron chi connectivity index (χ1n) is 9.03. The van der Waals surface area contributed by atoms with E-state index in [-0.39, 0.29) is 28.6 Å². The Hall–Kier alpha value is -2.54. The molecule has 0 fully saturated rings. The zero-order valence-electron chi connectivity index (χ0n) is 14.9. The van der Waals surface area contributed by atoms with Crippen LogP contribution in [-0.4, -0.2) is 27.4 Å². The molecule has 1 aliphatic rings. The summed E-state index contributed by atoms with van der Waals surface area (Å²) < 4.78 is 14.6. The fourth-order valence-corrected chi connectivity index (χ4v) is 3.35. The molecule has 0 unspecified atom stereocenters. The van der Waals surface area contributed by atoms with E-state index in [1.165, 1.54) is 41.3 Å². The molecule has 5 nitrogen and oxygen atoms in total. The number of aromatic amines is 1. The lowest BCUT2D eigenvalue weighted by molar-refractivity contribution is 0.411. The third-order valence-electron chi connectivity index (χ3n) is 4.63. The van der Waals surface area contributed by atoms with Gasteiger partial charge in [-0.05, 0) is 62.0 Å². The van der Waals surface area contributed by atoms with E-state index in [0.717, 1.165) is 24.8 Å². The Kier molecular flexibility index (Phi) is 6.34. The number of hydrogen-bond acceptors (Lipinski definition) is 4. The normalized spacial score (nSPS) is 14.5. The highest BCUT2D eigenvalue weighted by Crippen LogP contribution is 2.20. The second-order valence-corrected chi connectivity index (χ2v) is 6.99. The highest BCUT2D eigenvalue weighted by molar-refractivity contribution is 7.71. The van der Waals surface area contributed by atoms with Gasteiger partial charge >= 0.3 is 0 Å². The third kappa shape index (κ3) is 5.01. The summed E-state index contributed by atoms with van der Waals surface area (Å²) in [6.45, 7) is 0.785. The maximum Gasteiger partial charge on any atom is 0.264 e. The van der Waals surface area contributed by atoms with Gasteiger partial charge in [-0.3, -0.25) is 19.3 Å². The van der Waals surface area contributed by atoms with Gasteiger partial charge in [-0.1, -0.05) is 23.8 Å². The molecular formula is C20H22FN3O2S. The first-order chi connectivity index (χ1) is 13.0. The van der Waals surface area contributed by atoms with Gasteiger partial charge in [0, 0.05) is 12.8 Å². The number of aromatic hydroxyl groups is 1. The molecule has 0 atom stereocenters. The summed E-state index contributed by atoms with van der Waals surface area (Å²) in [6, 6.07) is 5.88. The molecule has 1 aromatic carbocycles. The monoisotopic (exact) mass is 387 g/mol. The number of H-pyrrole nitrogens is 1. The van der Waals surface area contributed by atoms with Crippen LogP contribution < -0.4 is 5.56 Å². The maximum atomic E-state index is 13.1. The number of rotatable bonds is 6. The number of benzene rings is 1. The number of allylic oxidation sites excluding steroid dienone is 1. The Morgan fingerprint density at radius 2 is 2.07 bits per heavy atom. The zero-order chi connectivity index (χ0) is 19.2. The maximum absolute atomic E-state index is 13.1. The lowest BCUT2D eigenvalue weighted by Crippen LogP contribution is -2.19. The van der Waals surface area contributed by atoms with Gasteiger partial charge in [0.25, 0.3) is 5.56 Å². The van der Waals surface area contributed by atoms with Crippen molar-refractivity contribution in [3.05, 3.63) is 68.0 Å². The summed E-state index contributed by atoms with van der Waals surface area (Å²) in [7, 11) is 0. The van der Waals surface area contributed by atoms with E-state index in [1.54, 1.807) is 12.1 Å². The predicted octanol–water partition coefficient (Wildman–Crippen LogP) is 4.11. The van der Waals surface area contributed by atoms with Gasteiger partial charge in [0.15, 0.2) is 4.77 Å². The zero-order valence-corrected chi connectivity index (χ0v) is 15.8. The number of hydrogen-bond donors (Lipinski definition) is 2. The smallest absolute Gasteiger partial charge is 0.264 e. The van der Waals surface area contributed by atoms with Crippen molar-refractivity contribution in [1.82, 2.24) is 9.55 Å². The summed E-state index contributed by atoms with van der Waals surface area (Å²) in [5.41, 5.74) is 1.75. The van der Waals surface area contributed by atoms with Crippen molar-refractivity contribution in [1.29, 1.82) is 0 Å². The second-order valence-electron chi connectivity index (χ2n) is 6.60. The second kappa shape index (κ2) is 8.90. The van der Waals surface area contributed by atoms with Crippen LogP contribution in [0, 0.1) is 10.6 Å². The van der Waals surface area contributed by atoms with E-state index >= 15 is 0 Å².